The van der Waals surface area contributed by atoms with Gasteiger partial charge in [0, 0.05) is 31.1 Å². The van der Waals surface area contributed by atoms with Crippen LogP contribution in [0.15, 0.2) is 28.7 Å². The van der Waals surface area contributed by atoms with E-state index in [-0.39, 0.29) is 18.6 Å². The zero-order valence-electron chi connectivity index (χ0n) is 13.9. The van der Waals surface area contributed by atoms with Crippen molar-refractivity contribution in [2.75, 3.05) is 6.61 Å². The summed E-state index contributed by atoms with van der Waals surface area (Å²) in [6, 6.07) is 7.95. The summed E-state index contributed by atoms with van der Waals surface area (Å²) >= 11 is 0. The second-order valence-corrected chi connectivity index (χ2v) is 6.39. The van der Waals surface area contributed by atoms with Crippen molar-refractivity contribution in [1.82, 2.24) is 15.5 Å². The first-order valence-electron chi connectivity index (χ1n) is 8.45. The van der Waals surface area contributed by atoms with E-state index < -0.39 is 0 Å². The molecule has 1 aromatic heterocycles. The van der Waals surface area contributed by atoms with Crippen LogP contribution in [0.3, 0.4) is 0 Å². The van der Waals surface area contributed by atoms with Crippen LogP contribution in [0.4, 0.5) is 0 Å². The zero-order chi connectivity index (χ0) is 16.9. The largest absolute Gasteiger partial charge is 0.421 e. The highest BCUT2D eigenvalue weighted by atomic mass is 16.4. The van der Waals surface area contributed by atoms with Gasteiger partial charge in [-0.3, -0.25) is 4.79 Å². The van der Waals surface area contributed by atoms with Gasteiger partial charge in [0.2, 0.25) is 17.7 Å². The summed E-state index contributed by atoms with van der Waals surface area (Å²) in [4.78, 5) is 12.1. The molecule has 1 aliphatic carbocycles. The SMILES string of the molecule is Cc1ccc(-c2nnc(CCC(=O)NC(CCO)C3CC3)o2)cc1. The minimum atomic E-state index is -0.0320. The Morgan fingerprint density at radius 1 is 1.33 bits per heavy atom. The van der Waals surface area contributed by atoms with Crippen molar-refractivity contribution < 1.29 is 14.3 Å². The fourth-order valence-corrected chi connectivity index (χ4v) is 2.73. The number of carbonyl (C=O) groups excluding carboxylic acids is 1. The molecule has 3 rings (SSSR count). The topological polar surface area (TPSA) is 88.2 Å². The van der Waals surface area contributed by atoms with Crippen LogP contribution in [-0.2, 0) is 11.2 Å². The molecule has 2 N–H and O–H groups in total. The smallest absolute Gasteiger partial charge is 0.247 e. The third-order valence-corrected chi connectivity index (χ3v) is 4.31. The molecule has 0 saturated heterocycles. The predicted octanol–water partition coefficient (Wildman–Crippen LogP) is 2.25. The van der Waals surface area contributed by atoms with Crippen molar-refractivity contribution in [3.05, 3.63) is 35.7 Å². The van der Waals surface area contributed by atoms with E-state index in [4.69, 9.17) is 9.52 Å². The van der Waals surface area contributed by atoms with Gasteiger partial charge in [0.25, 0.3) is 0 Å². The highest BCUT2D eigenvalue weighted by Gasteiger charge is 2.31. The molecular formula is C18H23N3O3. The Balaban J connectivity index is 1.51. The van der Waals surface area contributed by atoms with E-state index >= 15 is 0 Å². The van der Waals surface area contributed by atoms with E-state index in [2.05, 4.69) is 15.5 Å². The summed E-state index contributed by atoms with van der Waals surface area (Å²) in [6.07, 6.45) is 3.61. The van der Waals surface area contributed by atoms with Crippen LogP contribution >= 0.6 is 0 Å². The maximum atomic E-state index is 12.1. The number of rotatable bonds is 8. The molecule has 0 radical (unpaired) electrons. The summed E-state index contributed by atoms with van der Waals surface area (Å²) < 4.78 is 5.63. The number of nitrogens with one attached hydrogen (secondary N) is 1. The molecule has 1 aromatic carbocycles. The van der Waals surface area contributed by atoms with Crippen LogP contribution in [0.25, 0.3) is 11.5 Å². The van der Waals surface area contributed by atoms with Crippen LogP contribution in [0.5, 0.6) is 0 Å². The summed E-state index contributed by atoms with van der Waals surface area (Å²) in [5.41, 5.74) is 2.05. The molecule has 1 saturated carbocycles. The lowest BCUT2D eigenvalue weighted by Gasteiger charge is -2.16. The molecular weight excluding hydrogens is 306 g/mol. The lowest BCUT2D eigenvalue weighted by molar-refractivity contribution is -0.122. The minimum absolute atomic E-state index is 0.0320. The molecule has 1 fully saturated rings. The van der Waals surface area contributed by atoms with E-state index in [1.807, 2.05) is 31.2 Å². The summed E-state index contributed by atoms with van der Waals surface area (Å²) in [6.45, 7) is 2.12. The number of hydrogen-bond donors (Lipinski definition) is 2. The van der Waals surface area contributed by atoms with Crippen molar-refractivity contribution in [1.29, 1.82) is 0 Å². The summed E-state index contributed by atoms with van der Waals surface area (Å²) in [7, 11) is 0. The van der Waals surface area contributed by atoms with Crippen molar-refractivity contribution >= 4 is 5.91 Å². The normalized spacial score (nSPS) is 15.2. The average molecular weight is 329 g/mol. The maximum Gasteiger partial charge on any atom is 0.247 e. The monoisotopic (exact) mass is 329 g/mol. The fraction of sp³-hybridized carbons (Fsp3) is 0.500. The molecule has 128 valence electrons. The fourth-order valence-electron chi connectivity index (χ4n) is 2.73. The van der Waals surface area contributed by atoms with Gasteiger partial charge in [0.05, 0.1) is 0 Å². The minimum Gasteiger partial charge on any atom is -0.421 e. The molecule has 2 aromatic rings. The Hall–Kier alpha value is -2.21. The van der Waals surface area contributed by atoms with Gasteiger partial charge in [-0.2, -0.15) is 0 Å². The van der Waals surface area contributed by atoms with E-state index in [1.54, 1.807) is 0 Å². The molecule has 24 heavy (non-hydrogen) atoms. The van der Waals surface area contributed by atoms with Crippen LogP contribution < -0.4 is 5.32 Å². The standard InChI is InChI=1S/C18H23N3O3/c1-12-2-4-14(5-3-12)18-21-20-17(24-18)9-8-16(23)19-15(10-11-22)13-6-7-13/h2-5,13,15,22H,6-11H2,1H3,(H,19,23). The number of aryl methyl sites for hydroxylation is 2. The molecule has 6 nitrogen and oxygen atoms in total. The van der Waals surface area contributed by atoms with Gasteiger partial charge in [0.1, 0.15) is 0 Å². The Morgan fingerprint density at radius 3 is 2.75 bits per heavy atom. The maximum absolute atomic E-state index is 12.1. The van der Waals surface area contributed by atoms with Gasteiger partial charge in [-0.25, -0.2) is 0 Å². The summed E-state index contributed by atoms with van der Waals surface area (Å²) in [5, 5.41) is 20.1. The van der Waals surface area contributed by atoms with E-state index in [1.165, 1.54) is 5.56 Å². The predicted molar refractivity (Wildman–Crippen MR) is 89.1 cm³/mol. The van der Waals surface area contributed by atoms with Gasteiger partial charge in [-0.1, -0.05) is 17.7 Å². The van der Waals surface area contributed by atoms with Crippen LogP contribution in [0.1, 0.15) is 37.1 Å². The Labute approximate surface area is 141 Å². The lowest BCUT2D eigenvalue weighted by atomic mass is 10.1. The second kappa shape index (κ2) is 7.57. The number of carbonyl (C=O) groups is 1. The number of aliphatic hydroxyl groups excluding tert-OH is 1. The number of hydrogen-bond acceptors (Lipinski definition) is 5. The molecule has 1 heterocycles. The first-order valence-corrected chi connectivity index (χ1v) is 8.45. The molecule has 1 atom stereocenters. The van der Waals surface area contributed by atoms with Crippen LogP contribution in [-0.4, -0.2) is 33.9 Å². The Bertz CT molecular complexity index is 677. The van der Waals surface area contributed by atoms with E-state index in [9.17, 15) is 4.79 Å². The van der Waals surface area contributed by atoms with Crippen molar-refractivity contribution in [3.63, 3.8) is 0 Å². The molecule has 1 aliphatic rings. The van der Waals surface area contributed by atoms with E-state index in [0.717, 1.165) is 18.4 Å². The Morgan fingerprint density at radius 2 is 2.08 bits per heavy atom. The van der Waals surface area contributed by atoms with Crippen molar-refractivity contribution in [2.24, 2.45) is 5.92 Å². The molecule has 1 unspecified atom stereocenters. The summed E-state index contributed by atoms with van der Waals surface area (Å²) in [5.74, 6) is 1.43. The van der Waals surface area contributed by atoms with E-state index in [0.29, 0.717) is 37.0 Å². The highest BCUT2D eigenvalue weighted by molar-refractivity contribution is 5.76. The first kappa shape index (κ1) is 16.6. The molecule has 0 aliphatic heterocycles. The van der Waals surface area contributed by atoms with Gasteiger partial charge in [-0.15, -0.1) is 10.2 Å². The number of benzene rings is 1. The van der Waals surface area contributed by atoms with Gasteiger partial charge < -0.3 is 14.8 Å². The highest BCUT2D eigenvalue weighted by Crippen LogP contribution is 2.33. The quantitative estimate of drug-likeness (QED) is 0.775. The third kappa shape index (κ3) is 4.41. The van der Waals surface area contributed by atoms with Crippen LogP contribution in [0.2, 0.25) is 0 Å². The second-order valence-electron chi connectivity index (χ2n) is 6.39. The molecule has 1 amide bonds. The number of aliphatic hydroxyl groups is 1. The van der Waals surface area contributed by atoms with Crippen LogP contribution in [0, 0.1) is 12.8 Å². The molecule has 0 bridgehead atoms. The number of nitrogens with zero attached hydrogens (tertiary/aromatic N) is 2. The van der Waals surface area contributed by atoms with Gasteiger partial charge in [0.15, 0.2) is 0 Å². The molecule has 0 spiro atoms. The number of amides is 1. The zero-order valence-corrected chi connectivity index (χ0v) is 13.9. The molecule has 6 heteroatoms. The van der Waals surface area contributed by atoms with Gasteiger partial charge in [-0.05, 0) is 44.2 Å². The first-order chi connectivity index (χ1) is 11.7. The van der Waals surface area contributed by atoms with Crippen molar-refractivity contribution in [2.45, 2.75) is 45.1 Å². The van der Waals surface area contributed by atoms with Gasteiger partial charge >= 0.3 is 0 Å². The average Bonchev–Trinajstić information content (AvgIpc) is 3.32. The third-order valence-electron chi connectivity index (χ3n) is 4.31. The lowest BCUT2D eigenvalue weighted by Crippen LogP contribution is -2.37. The number of aromatic nitrogens is 2. The Kier molecular flexibility index (Phi) is 5.25. The van der Waals surface area contributed by atoms with Crippen molar-refractivity contribution in [3.8, 4) is 11.5 Å².